The number of esters is 1. The third-order valence-electron chi connectivity index (χ3n) is 3.96. The molecule has 1 fully saturated rings. The smallest absolute Gasteiger partial charge is 0.319 e. The molecule has 0 aromatic heterocycles. The molecule has 1 aromatic carbocycles. The number of Topliss-reactive ketones (excluding diaryl/α,β-unsaturated/α-hetero) is 1. The lowest BCUT2D eigenvalue weighted by Gasteiger charge is -2.33. The van der Waals surface area contributed by atoms with Gasteiger partial charge in [-0.3, -0.25) is 9.59 Å². The van der Waals surface area contributed by atoms with Gasteiger partial charge in [0.25, 0.3) is 0 Å². The summed E-state index contributed by atoms with van der Waals surface area (Å²) in [6.07, 6.45) is 2.40. The minimum Gasteiger partial charge on any atom is -0.465 e. The summed E-state index contributed by atoms with van der Waals surface area (Å²) in [6, 6.07) is 4.56. The minimum atomic E-state index is -1.23. The second-order valence-electron chi connectivity index (χ2n) is 5.35. The van der Waals surface area contributed by atoms with E-state index in [9.17, 15) is 14.0 Å². The molecule has 1 saturated carbocycles. The molecule has 0 N–H and O–H groups in total. The highest BCUT2D eigenvalue weighted by molar-refractivity contribution is 9.10. The fourth-order valence-corrected chi connectivity index (χ4v) is 3.25. The number of carbonyl (C=O) groups is 2. The molecule has 0 spiro atoms. The summed E-state index contributed by atoms with van der Waals surface area (Å²) < 4.78 is 19.8. The first-order valence-electron chi connectivity index (χ1n) is 7.14. The lowest BCUT2D eigenvalue weighted by Crippen LogP contribution is -2.44. The number of hydrogen-bond acceptors (Lipinski definition) is 3. The predicted octanol–water partition coefficient (Wildman–Crippen LogP) is 3.82. The van der Waals surface area contributed by atoms with Crippen molar-refractivity contribution in [2.45, 2.75) is 39.0 Å². The second-order valence-corrected chi connectivity index (χ2v) is 6.26. The van der Waals surface area contributed by atoms with Gasteiger partial charge in [0.05, 0.1) is 6.61 Å². The van der Waals surface area contributed by atoms with Gasteiger partial charge in [0, 0.05) is 10.9 Å². The van der Waals surface area contributed by atoms with E-state index in [0.717, 1.165) is 17.3 Å². The van der Waals surface area contributed by atoms with Crippen LogP contribution in [0.4, 0.5) is 4.39 Å². The first-order valence-corrected chi connectivity index (χ1v) is 7.93. The lowest BCUT2D eigenvalue weighted by atomic mass is 9.69. The Hall–Kier alpha value is -1.23. The molecule has 0 heterocycles. The molecule has 0 bridgehead atoms. The molecule has 0 saturated heterocycles. The Labute approximate surface area is 132 Å². The summed E-state index contributed by atoms with van der Waals surface area (Å²) in [7, 11) is 0. The Morgan fingerprint density at radius 3 is 2.86 bits per heavy atom. The minimum absolute atomic E-state index is 0.0654. The van der Waals surface area contributed by atoms with Crippen LogP contribution in [0.2, 0.25) is 0 Å². The summed E-state index contributed by atoms with van der Waals surface area (Å²) in [4.78, 5) is 24.8. The van der Waals surface area contributed by atoms with Crippen LogP contribution in [0.5, 0.6) is 0 Å². The summed E-state index contributed by atoms with van der Waals surface area (Å²) in [5.74, 6) is -1.05. The Morgan fingerprint density at radius 2 is 2.19 bits per heavy atom. The first-order chi connectivity index (χ1) is 9.99. The number of rotatable bonds is 4. The average Bonchev–Trinajstić information content (AvgIpc) is 2.45. The number of carbonyl (C=O) groups excluding carboxylic acids is 2. The molecule has 0 amide bonds. The van der Waals surface area contributed by atoms with Gasteiger partial charge in [-0.1, -0.05) is 22.4 Å². The largest absolute Gasteiger partial charge is 0.465 e. The van der Waals surface area contributed by atoms with E-state index in [1.807, 2.05) is 0 Å². The van der Waals surface area contributed by atoms with E-state index in [1.54, 1.807) is 19.1 Å². The predicted molar refractivity (Wildman–Crippen MR) is 80.3 cm³/mol. The van der Waals surface area contributed by atoms with Gasteiger partial charge in [0.2, 0.25) is 0 Å². The van der Waals surface area contributed by atoms with Gasteiger partial charge in [-0.15, -0.1) is 0 Å². The average molecular weight is 357 g/mol. The lowest BCUT2D eigenvalue weighted by molar-refractivity contribution is -0.162. The molecule has 3 nitrogen and oxygen atoms in total. The summed E-state index contributed by atoms with van der Waals surface area (Å²) in [6.45, 7) is 1.92. The van der Waals surface area contributed by atoms with Crippen molar-refractivity contribution in [3.05, 3.63) is 34.1 Å². The van der Waals surface area contributed by atoms with Crippen LogP contribution in [0.25, 0.3) is 0 Å². The van der Waals surface area contributed by atoms with Crippen molar-refractivity contribution in [2.24, 2.45) is 5.41 Å². The number of ether oxygens (including phenoxy) is 1. The van der Waals surface area contributed by atoms with Gasteiger partial charge in [-0.05, 0) is 49.9 Å². The molecule has 1 aliphatic carbocycles. The quantitative estimate of drug-likeness (QED) is 0.608. The van der Waals surface area contributed by atoms with E-state index in [1.165, 1.54) is 6.07 Å². The van der Waals surface area contributed by atoms with Crippen LogP contribution in [-0.4, -0.2) is 18.4 Å². The van der Waals surface area contributed by atoms with Crippen molar-refractivity contribution in [1.82, 2.24) is 0 Å². The zero-order valence-corrected chi connectivity index (χ0v) is 13.5. The van der Waals surface area contributed by atoms with Gasteiger partial charge >= 0.3 is 5.97 Å². The Balaban J connectivity index is 2.38. The standard InChI is InChI=1S/C16H18BrFO3/c1-2-21-15(20)16(8-4-3-5-14(16)19)10-11-9-12(17)6-7-13(11)18/h6-7,9H,2-5,8,10H2,1H3. The van der Waals surface area contributed by atoms with E-state index in [-0.39, 0.29) is 18.8 Å². The van der Waals surface area contributed by atoms with Crippen LogP contribution in [0.15, 0.2) is 22.7 Å². The maximum absolute atomic E-state index is 14.0. The highest BCUT2D eigenvalue weighted by Crippen LogP contribution is 2.38. The number of hydrogen-bond donors (Lipinski definition) is 0. The topological polar surface area (TPSA) is 43.4 Å². The molecule has 1 unspecified atom stereocenters. The van der Waals surface area contributed by atoms with Gasteiger partial charge in [-0.2, -0.15) is 0 Å². The third-order valence-corrected chi connectivity index (χ3v) is 4.45. The molecule has 0 radical (unpaired) electrons. The van der Waals surface area contributed by atoms with Crippen molar-refractivity contribution in [1.29, 1.82) is 0 Å². The van der Waals surface area contributed by atoms with Gasteiger partial charge in [0.15, 0.2) is 5.78 Å². The van der Waals surface area contributed by atoms with Crippen LogP contribution >= 0.6 is 15.9 Å². The second kappa shape index (κ2) is 6.69. The van der Waals surface area contributed by atoms with E-state index in [2.05, 4.69) is 15.9 Å². The van der Waals surface area contributed by atoms with E-state index in [0.29, 0.717) is 18.4 Å². The highest BCUT2D eigenvalue weighted by atomic mass is 79.9. The number of ketones is 1. The number of halogens is 2. The number of benzene rings is 1. The monoisotopic (exact) mass is 356 g/mol. The van der Waals surface area contributed by atoms with Crippen LogP contribution in [0, 0.1) is 11.2 Å². The fourth-order valence-electron chi connectivity index (χ4n) is 2.84. The van der Waals surface area contributed by atoms with Crippen molar-refractivity contribution < 1.29 is 18.7 Å². The molecule has 1 aromatic rings. The Bertz CT molecular complexity index is 558. The fraction of sp³-hybridized carbons (Fsp3) is 0.500. The molecular weight excluding hydrogens is 339 g/mol. The third kappa shape index (κ3) is 3.34. The van der Waals surface area contributed by atoms with Gasteiger partial charge in [0.1, 0.15) is 11.2 Å². The molecule has 5 heteroatoms. The van der Waals surface area contributed by atoms with Crippen molar-refractivity contribution in [3.63, 3.8) is 0 Å². The molecule has 0 aliphatic heterocycles. The summed E-state index contributed by atoms with van der Waals surface area (Å²) >= 11 is 3.29. The van der Waals surface area contributed by atoms with Gasteiger partial charge in [-0.25, -0.2) is 4.39 Å². The van der Waals surface area contributed by atoms with Gasteiger partial charge < -0.3 is 4.74 Å². The summed E-state index contributed by atoms with van der Waals surface area (Å²) in [5, 5.41) is 0. The molecule has 114 valence electrons. The van der Waals surface area contributed by atoms with Crippen LogP contribution in [0.1, 0.15) is 38.2 Å². The van der Waals surface area contributed by atoms with Crippen molar-refractivity contribution >= 4 is 27.7 Å². The summed E-state index contributed by atoms with van der Waals surface area (Å²) in [5.41, 5.74) is -0.858. The molecule has 1 aliphatic rings. The highest BCUT2D eigenvalue weighted by Gasteiger charge is 2.48. The van der Waals surface area contributed by atoms with E-state index < -0.39 is 17.2 Å². The Kier molecular flexibility index (Phi) is 5.14. The SMILES string of the molecule is CCOC(=O)C1(Cc2cc(Br)ccc2F)CCCCC1=O. The maximum Gasteiger partial charge on any atom is 0.319 e. The molecular formula is C16H18BrFO3. The zero-order valence-electron chi connectivity index (χ0n) is 12.0. The first kappa shape index (κ1) is 16.1. The van der Waals surface area contributed by atoms with Crippen LogP contribution < -0.4 is 0 Å². The van der Waals surface area contributed by atoms with Crippen LogP contribution in [0.3, 0.4) is 0 Å². The Morgan fingerprint density at radius 1 is 1.43 bits per heavy atom. The molecule has 1 atom stereocenters. The van der Waals surface area contributed by atoms with Crippen molar-refractivity contribution in [3.8, 4) is 0 Å². The van der Waals surface area contributed by atoms with Crippen molar-refractivity contribution in [2.75, 3.05) is 6.61 Å². The normalized spacial score (nSPS) is 22.1. The zero-order chi connectivity index (χ0) is 15.5. The molecule has 21 heavy (non-hydrogen) atoms. The molecule has 2 rings (SSSR count). The van der Waals surface area contributed by atoms with E-state index >= 15 is 0 Å². The van der Waals surface area contributed by atoms with Crippen LogP contribution in [-0.2, 0) is 20.7 Å². The van der Waals surface area contributed by atoms with E-state index in [4.69, 9.17) is 4.74 Å². The maximum atomic E-state index is 14.0.